The third-order valence-corrected chi connectivity index (χ3v) is 5.48. The van der Waals surface area contributed by atoms with Crippen LogP contribution in [0.2, 0.25) is 5.02 Å². The van der Waals surface area contributed by atoms with E-state index in [0.29, 0.717) is 22.1 Å². The van der Waals surface area contributed by atoms with E-state index in [4.69, 9.17) is 26.8 Å². The summed E-state index contributed by atoms with van der Waals surface area (Å²) in [6, 6.07) is 13.2. The molecule has 0 bridgehead atoms. The molecule has 0 spiro atoms. The molecule has 132 valence electrons. The molecule has 2 N–H and O–H groups in total. The summed E-state index contributed by atoms with van der Waals surface area (Å²) in [6.45, 7) is 0. The van der Waals surface area contributed by atoms with E-state index in [-0.39, 0.29) is 5.88 Å². The van der Waals surface area contributed by atoms with Crippen molar-refractivity contribution < 1.29 is 9.47 Å². The first-order valence-corrected chi connectivity index (χ1v) is 9.50. The van der Waals surface area contributed by atoms with Crippen molar-refractivity contribution in [2.24, 2.45) is 5.73 Å². The number of methoxy groups -OCH3 is 1. The third-order valence-electron chi connectivity index (χ3n) is 3.96. The Morgan fingerprint density at radius 2 is 1.88 bits per heavy atom. The van der Waals surface area contributed by atoms with Crippen LogP contribution in [0, 0.1) is 11.3 Å². The van der Waals surface area contributed by atoms with Crippen LogP contribution in [0.3, 0.4) is 0 Å². The Morgan fingerprint density at radius 3 is 2.46 bits per heavy atom. The van der Waals surface area contributed by atoms with Gasteiger partial charge in [0, 0.05) is 16.5 Å². The highest BCUT2D eigenvalue weighted by Gasteiger charge is 2.27. The second kappa shape index (κ2) is 7.75. The van der Waals surface area contributed by atoms with Crippen LogP contribution in [0.4, 0.5) is 0 Å². The molecule has 1 atom stereocenters. The molecular formula is C19H13Br2ClN2O2. The number of benzene rings is 2. The number of halogens is 3. The SMILES string of the molecule is COc1c(Br)cc(C2=CC(c3ccccc3Cl)C(C#N)=C(N)O2)cc1Br. The van der Waals surface area contributed by atoms with Crippen molar-refractivity contribution in [3.05, 3.63) is 79.0 Å². The Bertz CT molecular complexity index is 957. The quantitative estimate of drug-likeness (QED) is 0.590. The first-order chi connectivity index (χ1) is 12.5. The molecule has 7 heteroatoms. The maximum atomic E-state index is 9.53. The van der Waals surface area contributed by atoms with Gasteiger partial charge in [-0.25, -0.2) is 0 Å². The van der Waals surface area contributed by atoms with E-state index in [1.165, 1.54) is 0 Å². The fourth-order valence-electron chi connectivity index (χ4n) is 2.74. The highest BCUT2D eigenvalue weighted by atomic mass is 79.9. The van der Waals surface area contributed by atoms with Crippen molar-refractivity contribution in [1.82, 2.24) is 0 Å². The van der Waals surface area contributed by atoms with Gasteiger partial charge in [-0.2, -0.15) is 5.26 Å². The molecule has 2 aromatic rings. The molecule has 26 heavy (non-hydrogen) atoms. The van der Waals surface area contributed by atoms with Gasteiger partial charge in [0.05, 0.1) is 16.1 Å². The first kappa shape index (κ1) is 18.8. The predicted molar refractivity (Wildman–Crippen MR) is 108 cm³/mol. The van der Waals surface area contributed by atoms with Gasteiger partial charge in [-0.3, -0.25) is 0 Å². The van der Waals surface area contributed by atoms with Gasteiger partial charge in [-0.15, -0.1) is 0 Å². The molecule has 0 radical (unpaired) electrons. The molecule has 0 amide bonds. The monoisotopic (exact) mass is 494 g/mol. The zero-order chi connectivity index (χ0) is 18.8. The van der Waals surface area contributed by atoms with Gasteiger partial charge in [-0.1, -0.05) is 29.8 Å². The molecule has 0 aromatic heterocycles. The summed E-state index contributed by atoms with van der Waals surface area (Å²) in [5.41, 5.74) is 7.93. The average molecular weight is 497 g/mol. The molecule has 2 aromatic carbocycles. The van der Waals surface area contributed by atoms with Gasteiger partial charge in [0.15, 0.2) is 0 Å². The van der Waals surface area contributed by atoms with Crippen LogP contribution in [0.5, 0.6) is 5.75 Å². The summed E-state index contributed by atoms with van der Waals surface area (Å²) in [4.78, 5) is 0. The fourth-order valence-corrected chi connectivity index (χ4v) is 4.51. The molecule has 0 fully saturated rings. The lowest BCUT2D eigenvalue weighted by Crippen LogP contribution is -2.16. The molecule has 0 saturated heterocycles. The smallest absolute Gasteiger partial charge is 0.205 e. The highest BCUT2D eigenvalue weighted by Crippen LogP contribution is 2.41. The number of ether oxygens (including phenoxy) is 2. The van der Waals surface area contributed by atoms with Crippen LogP contribution in [-0.2, 0) is 4.74 Å². The van der Waals surface area contributed by atoms with E-state index in [9.17, 15) is 5.26 Å². The Labute approximate surface area is 173 Å². The van der Waals surface area contributed by atoms with Crippen LogP contribution < -0.4 is 10.5 Å². The average Bonchev–Trinajstić information content (AvgIpc) is 2.61. The van der Waals surface area contributed by atoms with Crippen LogP contribution >= 0.6 is 43.5 Å². The van der Waals surface area contributed by atoms with Gasteiger partial charge >= 0.3 is 0 Å². The Morgan fingerprint density at radius 1 is 1.23 bits per heavy atom. The van der Waals surface area contributed by atoms with Gasteiger partial charge in [0.2, 0.25) is 5.88 Å². The van der Waals surface area contributed by atoms with Crippen LogP contribution in [0.15, 0.2) is 62.9 Å². The van der Waals surface area contributed by atoms with E-state index >= 15 is 0 Å². The summed E-state index contributed by atoms with van der Waals surface area (Å²) < 4.78 is 12.6. The second-order valence-corrected chi connectivity index (χ2v) is 7.61. The minimum Gasteiger partial charge on any atom is -0.494 e. The van der Waals surface area contributed by atoms with Crippen molar-refractivity contribution in [2.45, 2.75) is 5.92 Å². The summed E-state index contributed by atoms with van der Waals surface area (Å²) in [7, 11) is 1.59. The van der Waals surface area contributed by atoms with E-state index in [0.717, 1.165) is 20.1 Å². The lowest BCUT2D eigenvalue weighted by molar-refractivity contribution is 0.360. The molecule has 1 heterocycles. The van der Waals surface area contributed by atoms with Gasteiger partial charge in [-0.05, 0) is 61.7 Å². The first-order valence-electron chi connectivity index (χ1n) is 7.53. The Hall–Kier alpha value is -1.94. The van der Waals surface area contributed by atoms with Gasteiger partial charge in [0.25, 0.3) is 0 Å². The third kappa shape index (κ3) is 3.48. The summed E-state index contributed by atoms with van der Waals surface area (Å²) in [5.74, 6) is 0.889. The topological polar surface area (TPSA) is 68.3 Å². The van der Waals surface area contributed by atoms with E-state index in [1.807, 2.05) is 36.4 Å². The highest BCUT2D eigenvalue weighted by molar-refractivity contribution is 9.11. The Kier molecular flexibility index (Phi) is 5.61. The lowest BCUT2D eigenvalue weighted by Gasteiger charge is -2.24. The number of nitrogens with zero attached hydrogens (tertiary/aromatic N) is 1. The molecule has 1 aliphatic rings. The predicted octanol–water partition coefficient (Wildman–Crippen LogP) is 5.72. The standard InChI is InChI=1S/C19H13Br2ClN2O2/c1-25-18-14(20)6-10(7-15(18)21)17-8-12(13(9-23)19(24)26-17)11-4-2-3-5-16(11)22/h2-8,12H,24H2,1H3. The molecule has 0 aliphatic carbocycles. The number of nitriles is 1. The fraction of sp³-hybridized carbons (Fsp3) is 0.105. The second-order valence-electron chi connectivity index (χ2n) is 5.50. The van der Waals surface area contributed by atoms with E-state index in [1.54, 1.807) is 13.2 Å². The van der Waals surface area contributed by atoms with E-state index < -0.39 is 5.92 Å². The summed E-state index contributed by atoms with van der Waals surface area (Å²) in [5, 5.41) is 10.1. The number of nitrogens with two attached hydrogens (primary N) is 1. The maximum absolute atomic E-state index is 9.53. The number of allylic oxidation sites excluding steroid dienone is 2. The normalized spacial score (nSPS) is 16.6. The van der Waals surface area contributed by atoms with Crippen molar-refractivity contribution >= 4 is 49.2 Å². The van der Waals surface area contributed by atoms with Crippen molar-refractivity contribution in [2.75, 3.05) is 7.11 Å². The minimum absolute atomic E-state index is 0.0676. The Balaban J connectivity index is 2.13. The maximum Gasteiger partial charge on any atom is 0.205 e. The van der Waals surface area contributed by atoms with Gasteiger partial charge in [0.1, 0.15) is 23.2 Å². The van der Waals surface area contributed by atoms with Crippen LogP contribution in [0.25, 0.3) is 5.76 Å². The number of hydrogen-bond acceptors (Lipinski definition) is 4. The number of rotatable bonds is 3. The van der Waals surface area contributed by atoms with Crippen molar-refractivity contribution in [1.29, 1.82) is 5.26 Å². The molecule has 0 saturated carbocycles. The molecule has 4 nitrogen and oxygen atoms in total. The van der Waals surface area contributed by atoms with Crippen molar-refractivity contribution in [3.63, 3.8) is 0 Å². The van der Waals surface area contributed by atoms with Crippen LogP contribution in [0.1, 0.15) is 17.0 Å². The summed E-state index contributed by atoms with van der Waals surface area (Å²) >= 11 is 13.3. The number of hydrogen-bond donors (Lipinski definition) is 1. The molecular weight excluding hydrogens is 483 g/mol. The van der Waals surface area contributed by atoms with Gasteiger partial charge < -0.3 is 15.2 Å². The molecule has 1 unspecified atom stereocenters. The zero-order valence-corrected chi connectivity index (χ0v) is 17.5. The summed E-state index contributed by atoms with van der Waals surface area (Å²) in [6.07, 6.45) is 1.84. The zero-order valence-electron chi connectivity index (χ0n) is 13.6. The minimum atomic E-state index is -0.392. The molecule has 3 rings (SSSR count). The lowest BCUT2D eigenvalue weighted by atomic mass is 9.89. The van der Waals surface area contributed by atoms with Crippen LogP contribution in [-0.4, -0.2) is 7.11 Å². The largest absolute Gasteiger partial charge is 0.494 e. The van der Waals surface area contributed by atoms with Crippen molar-refractivity contribution in [3.8, 4) is 11.8 Å². The van der Waals surface area contributed by atoms with E-state index in [2.05, 4.69) is 37.9 Å². The molecule has 1 aliphatic heterocycles.